The summed E-state index contributed by atoms with van der Waals surface area (Å²) in [5, 5.41) is 18.6. The molecule has 0 aliphatic carbocycles. The summed E-state index contributed by atoms with van der Waals surface area (Å²) in [7, 11) is 0. The van der Waals surface area contributed by atoms with Crippen molar-refractivity contribution in [1.82, 2.24) is 0 Å². The third-order valence-electron chi connectivity index (χ3n) is 3.71. The van der Waals surface area contributed by atoms with E-state index in [0.29, 0.717) is 11.8 Å². The molecular weight excluding hydrogens is 248 g/mol. The Morgan fingerprint density at radius 3 is 1.25 bits per heavy atom. The molecule has 2 atom stereocenters. The summed E-state index contributed by atoms with van der Waals surface area (Å²) in [6.45, 7) is 13.4. The van der Waals surface area contributed by atoms with Crippen LogP contribution in [0.4, 0.5) is 0 Å². The van der Waals surface area contributed by atoms with Crippen molar-refractivity contribution in [3.63, 3.8) is 0 Å². The Hall–Kier alpha value is -0.520. The van der Waals surface area contributed by atoms with Gasteiger partial charge in [0, 0.05) is 24.0 Å². The molecule has 0 bridgehead atoms. The van der Waals surface area contributed by atoms with Gasteiger partial charge in [0.1, 0.15) is 0 Å². The maximum absolute atomic E-state index is 9.29. The van der Waals surface area contributed by atoms with Crippen LogP contribution in [0.5, 0.6) is 0 Å². The van der Waals surface area contributed by atoms with Crippen LogP contribution >= 0.6 is 0 Å². The Bertz CT molecular complexity index is 294. The fraction of sp³-hybridized carbons (Fsp3) is 0.889. The molecule has 0 saturated carbocycles. The van der Waals surface area contributed by atoms with Crippen LogP contribution in [0.15, 0.2) is 0 Å². The second kappa shape index (κ2) is 8.70. The van der Waals surface area contributed by atoms with Crippen LogP contribution in [-0.4, -0.2) is 23.4 Å². The molecule has 2 N–H and O–H groups in total. The fourth-order valence-corrected chi connectivity index (χ4v) is 3.03. The molecule has 0 aliphatic heterocycles. The molecule has 0 spiro atoms. The third kappa shape index (κ3) is 7.92. The van der Waals surface area contributed by atoms with Crippen LogP contribution in [-0.2, 0) is 0 Å². The van der Waals surface area contributed by atoms with E-state index in [9.17, 15) is 10.2 Å². The standard InChI is InChI=1S/C18H34O2/c1-15(2)13-17(5,9-11-19)7-8-18(6,10-12-20)14-16(3)4/h15-16,19-20H,9-14H2,1-6H3. The second-order valence-electron chi connectivity index (χ2n) is 7.51. The van der Waals surface area contributed by atoms with Crippen LogP contribution in [0.3, 0.4) is 0 Å². The Balaban J connectivity index is 5.15. The highest BCUT2D eigenvalue weighted by molar-refractivity contribution is 5.17. The van der Waals surface area contributed by atoms with E-state index in [1.807, 2.05) is 0 Å². The average Bonchev–Trinajstić information content (AvgIpc) is 2.25. The van der Waals surface area contributed by atoms with Crippen LogP contribution in [0, 0.1) is 34.5 Å². The summed E-state index contributed by atoms with van der Waals surface area (Å²) >= 11 is 0. The molecule has 118 valence electrons. The quantitative estimate of drug-likeness (QED) is 0.664. The SMILES string of the molecule is CC(C)CC(C)(C#CC(C)(CCO)CC(C)C)CCO. The lowest BCUT2D eigenvalue weighted by Crippen LogP contribution is -2.22. The van der Waals surface area contributed by atoms with Crippen molar-refractivity contribution < 1.29 is 10.2 Å². The van der Waals surface area contributed by atoms with Crippen molar-refractivity contribution in [2.45, 2.75) is 67.2 Å². The molecule has 2 nitrogen and oxygen atoms in total. The minimum Gasteiger partial charge on any atom is -0.396 e. The van der Waals surface area contributed by atoms with Crippen LogP contribution in [0.25, 0.3) is 0 Å². The molecular formula is C18H34O2. The predicted molar refractivity (Wildman–Crippen MR) is 86.3 cm³/mol. The van der Waals surface area contributed by atoms with Crippen LogP contribution < -0.4 is 0 Å². The largest absolute Gasteiger partial charge is 0.396 e. The topological polar surface area (TPSA) is 40.5 Å². The lowest BCUT2D eigenvalue weighted by atomic mass is 9.76. The molecule has 0 amide bonds. The van der Waals surface area contributed by atoms with Crippen molar-refractivity contribution in [3.8, 4) is 11.8 Å². The zero-order chi connectivity index (χ0) is 15.8. The van der Waals surface area contributed by atoms with Gasteiger partial charge in [0.25, 0.3) is 0 Å². The van der Waals surface area contributed by atoms with Gasteiger partial charge in [0.05, 0.1) is 0 Å². The molecule has 20 heavy (non-hydrogen) atoms. The Labute approximate surface area is 126 Å². The van der Waals surface area contributed by atoms with E-state index in [1.165, 1.54) is 0 Å². The first-order chi connectivity index (χ1) is 9.16. The van der Waals surface area contributed by atoms with Crippen molar-refractivity contribution in [2.75, 3.05) is 13.2 Å². The molecule has 0 heterocycles. The van der Waals surface area contributed by atoms with E-state index in [-0.39, 0.29) is 24.0 Å². The third-order valence-corrected chi connectivity index (χ3v) is 3.71. The number of hydrogen-bond donors (Lipinski definition) is 2. The van der Waals surface area contributed by atoms with E-state index in [0.717, 1.165) is 25.7 Å². The van der Waals surface area contributed by atoms with E-state index in [1.54, 1.807) is 0 Å². The van der Waals surface area contributed by atoms with Gasteiger partial charge in [-0.2, -0.15) is 0 Å². The highest BCUT2D eigenvalue weighted by Gasteiger charge is 2.26. The molecule has 0 saturated heterocycles. The molecule has 0 aliphatic rings. The van der Waals surface area contributed by atoms with Crippen molar-refractivity contribution in [2.24, 2.45) is 22.7 Å². The first-order valence-electron chi connectivity index (χ1n) is 7.92. The van der Waals surface area contributed by atoms with Gasteiger partial charge in [-0.05, 0) is 51.4 Å². The molecule has 0 fully saturated rings. The fourth-order valence-electron chi connectivity index (χ4n) is 3.03. The van der Waals surface area contributed by atoms with Crippen molar-refractivity contribution in [3.05, 3.63) is 0 Å². The number of aliphatic hydroxyl groups excluding tert-OH is 2. The number of hydrogen-bond acceptors (Lipinski definition) is 2. The Morgan fingerprint density at radius 2 is 1.05 bits per heavy atom. The van der Waals surface area contributed by atoms with Crippen LogP contribution in [0.1, 0.15) is 67.2 Å². The van der Waals surface area contributed by atoms with E-state index in [4.69, 9.17) is 0 Å². The highest BCUT2D eigenvalue weighted by Crippen LogP contribution is 2.33. The van der Waals surface area contributed by atoms with Gasteiger partial charge >= 0.3 is 0 Å². The van der Waals surface area contributed by atoms with E-state index in [2.05, 4.69) is 53.4 Å². The summed E-state index contributed by atoms with van der Waals surface area (Å²) in [6, 6.07) is 0. The lowest BCUT2D eigenvalue weighted by Gasteiger charge is -2.28. The summed E-state index contributed by atoms with van der Waals surface area (Å²) in [5.74, 6) is 8.01. The monoisotopic (exact) mass is 282 g/mol. The molecule has 2 heteroatoms. The maximum Gasteiger partial charge on any atom is 0.0445 e. The Kier molecular flexibility index (Phi) is 8.47. The van der Waals surface area contributed by atoms with Crippen molar-refractivity contribution >= 4 is 0 Å². The summed E-state index contributed by atoms with van der Waals surface area (Å²) in [5.41, 5.74) is -0.257. The zero-order valence-electron chi connectivity index (χ0n) is 14.3. The zero-order valence-corrected chi connectivity index (χ0v) is 14.3. The van der Waals surface area contributed by atoms with E-state index < -0.39 is 0 Å². The molecule has 0 aromatic rings. The second-order valence-corrected chi connectivity index (χ2v) is 7.51. The summed E-state index contributed by atoms with van der Waals surface area (Å²) < 4.78 is 0. The number of rotatable bonds is 8. The lowest BCUT2D eigenvalue weighted by molar-refractivity contribution is 0.208. The Morgan fingerprint density at radius 1 is 0.750 bits per heavy atom. The highest BCUT2D eigenvalue weighted by atomic mass is 16.3. The summed E-state index contributed by atoms with van der Waals surface area (Å²) in [6.07, 6.45) is 3.43. The first-order valence-corrected chi connectivity index (χ1v) is 7.92. The number of aliphatic hydroxyl groups is 2. The molecule has 2 unspecified atom stereocenters. The normalized spacial score (nSPS) is 17.5. The molecule has 0 aromatic heterocycles. The average molecular weight is 282 g/mol. The molecule has 0 aromatic carbocycles. The van der Waals surface area contributed by atoms with Gasteiger partial charge in [-0.3, -0.25) is 0 Å². The van der Waals surface area contributed by atoms with Gasteiger partial charge in [-0.15, -0.1) is 0 Å². The predicted octanol–water partition coefficient (Wildman–Crippen LogP) is 3.86. The van der Waals surface area contributed by atoms with Crippen molar-refractivity contribution in [1.29, 1.82) is 0 Å². The van der Waals surface area contributed by atoms with Gasteiger partial charge in [0.15, 0.2) is 0 Å². The minimum absolute atomic E-state index is 0.128. The maximum atomic E-state index is 9.29. The molecule has 0 radical (unpaired) electrons. The van der Waals surface area contributed by atoms with Gasteiger partial charge < -0.3 is 10.2 Å². The van der Waals surface area contributed by atoms with Gasteiger partial charge in [-0.1, -0.05) is 39.5 Å². The van der Waals surface area contributed by atoms with Gasteiger partial charge in [-0.25, -0.2) is 0 Å². The first kappa shape index (κ1) is 19.5. The smallest absolute Gasteiger partial charge is 0.0445 e. The van der Waals surface area contributed by atoms with Crippen LogP contribution in [0.2, 0.25) is 0 Å². The minimum atomic E-state index is -0.128. The van der Waals surface area contributed by atoms with E-state index >= 15 is 0 Å². The molecule has 0 rings (SSSR count). The van der Waals surface area contributed by atoms with Gasteiger partial charge in [0.2, 0.25) is 0 Å². The summed E-state index contributed by atoms with van der Waals surface area (Å²) in [4.78, 5) is 0.